The number of carbonyl (C=O) groups is 1. The number of carbonyl (C=O) groups excluding carboxylic acids is 1. The number of cyclic esters (lactones) is 1. The molecule has 0 amide bonds. The van der Waals surface area contributed by atoms with Gasteiger partial charge in [-0.25, -0.2) is 9.78 Å². The zero-order chi connectivity index (χ0) is 21.2. The summed E-state index contributed by atoms with van der Waals surface area (Å²) >= 11 is 0. The third kappa shape index (κ3) is 2.32. The van der Waals surface area contributed by atoms with Crippen LogP contribution in [0.2, 0.25) is 0 Å². The van der Waals surface area contributed by atoms with Gasteiger partial charge in [-0.2, -0.15) is 0 Å². The van der Waals surface area contributed by atoms with Gasteiger partial charge in [0, 0.05) is 16.5 Å². The number of aliphatic hydroxyl groups is 1. The average Bonchev–Trinajstić information content (AvgIpc) is 3.10. The molecule has 30 heavy (non-hydrogen) atoms. The largest absolute Gasteiger partial charge is 0.507 e. The van der Waals surface area contributed by atoms with Crippen molar-refractivity contribution < 1.29 is 19.7 Å². The quantitative estimate of drug-likeness (QED) is 0.402. The van der Waals surface area contributed by atoms with E-state index in [1.807, 2.05) is 12.1 Å². The first-order valence-corrected chi connectivity index (χ1v) is 9.81. The molecule has 0 spiro atoms. The van der Waals surface area contributed by atoms with Crippen molar-refractivity contribution >= 4 is 16.9 Å². The minimum Gasteiger partial charge on any atom is -0.507 e. The fraction of sp³-hybridized carbons (Fsp3) is 0.261. The van der Waals surface area contributed by atoms with Crippen molar-refractivity contribution in [1.29, 1.82) is 0 Å². The SMILES string of the molecule is C=CCc1ccc2nc3c(cc2c1O)Cn1c-3cc2c(c1=O)COC(=O)[C@]2(O)CC. The minimum absolute atomic E-state index is 0.0969. The highest BCUT2D eigenvalue weighted by molar-refractivity contribution is 5.90. The third-order valence-electron chi connectivity index (χ3n) is 6.11. The Morgan fingerprint density at radius 1 is 1.33 bits per heavy atom. The van der Waals surface area contributed by atoms with Gasteiger partial charge in [0.2, 0.25) is 0 Å². The normalized spacial score (nSPS) is 19.2. The highest BCUT2D eigenvalue weighted by atomic mass is 16.6. The standard InChI is InChI=1S/C23H20N2O5/c1-3-5-12-6-7-17-14(20(12)26)8-13-10-25-18(19(13)24-17)9-16-15(21(25)27)11-30-22(28)23(16,29)4-2/h3,6-9,26,29H,1,4-5,10-11H2,2H3/t23-/m0/s1. The number of rotatable bonds is 3. The maximum absolute atomic E-state index is 13.2. The summed E-state index contributed by atoms with van der Waals surface area (Å²) in [7, 11) is 0. The van der Waals surface area contributed by atoms with Gasteiger partial charge < -0.3 is 19.5 Å². The third-order valence-corrected chi connectivity index (χ3v) is 6.11. The van der Waals surface area contributed by atoms with E-state index in [1.165, 1.54) is 0 Å². The first-order chi connectivity index (χ1) is 14.4. The summed E-state index contributed by atoms with van der Waals surface area (Å²) in [6, 6.07) is 7.16. The first-order valence-electron chi connectivity index (χ1n) is 9.81. The summed E-state index contributed by atoms with van der Waals surface area (Å²) in [4.78, 5) is 30.1. The maximum atomic E-state index is 13.2. The van der Waals surface area contributed by atoms with Crippen LogP contribution in [0.4, 0.5) is 0 Å². The molecule has 0 aliphatic carbocycles. The smallest absolute Gasteiger partial charge is 0.343 e. The Hall–Kier alpha value is -3.45. The summed E-state index contributed by atoms with van der Waals surface area (Å²) in [6.45, 7) is 5.52. The number of pyridine rings is 2. The van der Waals surface area contributed by atoms with Crippen molar-refractivity contribution in [3.05, 3.63) is 69.5 Å². The number of aromatic nitrogens is 2. The summed E-state index contributed by atoms with van der Waals surface area (Å²) in [6.07, 6.45) is 2.36. The number of allylic oxidation sites excluding steroid dienone is 1. The van der Waals surface area contributed by atoms with E-state index in [-0.39, 0.29) is 35.5 Å². The van der Waals surface area contributed by atoms with Gasteiger partial charge in [-0.05, 0) is 36.6 Å². The molecule has 0 radical (unpaired) electrons. The van der Waals surface area contributed by atoms with Crippen molar-refractivity contribution in [3.8, 4) is 17.1 Å². The van der Waals surface area contributed by atoms with Crippen LogP contribution >= 0.6 is 0 Å². The van der Waals surface area contributed by atoms with Gasteiger partial charge in [0.25, 0.3) is 5.56 Å². The van der Waals surface area contributed by atoms with E-state index in [2.05, 4.69) is 6.58 Å². The number of fused-ring (bicyclic) bond motifs is 5. The molecule has 0 fully saturated rings. The molecule has 5 rings (SSSR count). The molecule has 2 aliphatic rings. The minimum atomic E-state index is -1.85. The van der Waals surface area contributed by atoms with Gasteiger partial charge >= 0.3 is 5.97 Å². The lowest BCUT2D eigenvalue weighted by Gasteiger charge is -2.31. The Bertz CT molecular complexity index is 1320. The maximum Gasteiger partial charge on any atom is 0.343 e. The molecule has 0 saturated carbocycles. The Kier molecular flexibility index (Phi) is 3.88. The van der Waals surface area contributed by atoms with E-state index in [4.69, 9.17) is 9.72 Å². The first kappa shape index (κ1) is 18.6. The number of phenols is 1. The second-order valence-corrected chi connectivity index (χ2v) is 7.73. The molecule has 0 unspecified atom stereocenters. The zero-order valence-corrected chi connectivity index (χ0v) is 16.4. The van der Waals surface area contributed by atoms with Gasteiger partial charge in [-0.3, -0.25) is 4.79 Å². The highest BCUT2D eigenvalue weighted by Gasteiger charge is 2.45. The number of phenolic OH excluding ortho intramolecular Hbond substituents is 1. The summed E-state index contributed by atoms with van der Waals surface area (Å²) in [5.41, 5.74) is 1.73. The van der Waals surface area contributed by atoms with Crippen molar-refractivity contribution in [3.63, 3.8) is 0 Å². The highest BCUT2D eigenvalue weighted by Crippen LogP contribution is 2.40. The second kappa shape index (κ2) is 6.27. The Labute approximate surface area is 171 Å². The van der Waals surface area contributed by atoms with E-state index in [0.717, 1.165) is 11.1 Å². The van der Waals surface area contributed by atoms with Crippen LogP contribution in [-0.2, 0) is 34.7 Å². The molecule has 7 heteroatoms. The molecular weight excluding hydrogens is 384 g/mol. The van der Waals surface area contributed by atoms with Crippen molar-refractivity contribution in [2.45, 2.75) is 38.5 Å². The molecule has 0 saturated heterocycles. The lowest BCUT2D eigenvalue weighted by atomic mass is 9.86. The van der Waals surface area contributed by atoms with Crippen LogP contribution in [0.5, 0.6) is 5.75 Å². The van der Waals surface area contributed by atoms with Gasteiger partial charge in [0.1, 0.15) is 12.4 Å². The van der Waals surface area contributed by atoms with Crippen molar-refractivity contribution in [2.24, 2.45) is 0 Å². The lowest BCUT2D eigenvalue weighted by Crippen LogP contribution is -2.44. The van der Waals surface area contributed by atoms with Crippen LogP contribution in [0.15, 0.2) is 41.7 Å². The van der Waals surface area contributed by atoms with E-state index < -0.39 is 11.6 Å². The number of ether oxygens (including phenoxy) is 1. The van der Waals surface area contributed by atoms with Gasteiger partial charge in [-0.15, -0.1) is 6.58 Å². The molecule has 0 bridgehead atoms. The molecule has 1 atom stereocenters. The Morgan fingerprint density at radius 2 is 2.13 bits per heavy atom. The molecule has 2 aromatic heterocycles. The molecule has 2 N–H and O–H groups in total. The van der Waals surface area contributed by atoms with E-state index in [1.54, 1.807) is 29.7 Å². The topological polar surface area (TPSA) is 102 Å². The van der Waals surface area contributed by atoms with Crippen LogP contribution in [0.25, 0.3) is 22.3 Å². The summed E-state index contributed by atoms with van der Waals surface area (Å²) in [5, 5.41) is 22.2. The monoisotopic (exact) mass is 404 g/mol. The molecule has 152 valence electrons. The van der Waals surface area contributed by atoms with Crippen molar-refractivity contribution in [2.75, 3.05) is 0 Å². The van der Waals surface area contributed by atoms with Crippen LogP contribution in [-0.4, -0.2) is 25.7 Å². The fourth-order valence-corrected chi connectivity index (χ4v) is 4.40. The van der Waals surface area contributed by atoms with Gasteiger partial charge in [0.15, 0.2) is 5.60 Å². The van der Waals surface area contributed by atoms with E-state index in [0.29, 0.717) is 35.3 Å². The second-order valence-electron chi connectivity index (χ2n) is 7.73. The van der Waals surface area contributed by atoms with Crippen molar-refractivity contribution in [1.82, 2.24) is 9.55 Å². The van der Waals surface area contributed by atoms with Crippen LogP contribution in [0.3, 0.4) is 0 Å². The number of hydrogen-bond acceptors (Lipinski definition) is 6. The predicted octanol–water partition coefficient (Wildman–Crippen LogP) is 2.51. The lowest BCUT2D eigenvalue weighted by molar-refractivity contribution is -0.172. The average molecular weight is 404 g/mol. The van der Waals surface area contributed by atoms with Crippen LogP contribution in [0.1, 0.15) is 35.6 Å². The number of nitrogens with zero attached hydrogens (tertiary/aromatic N) is 2. The molecule has 4 heterocycles. The number of esters is 1. The number of aromatic hydroxyl groups is 1. The molecule has 3 aromatic rings. The predicted molar refractivity (Wildman–Crippen MR) is 110 cm³/mol. The summed E-state index contributed by atoms with van der Waals surface area (Å²) in [5.74, 6) is -0.587. The molecule has 1 aromatic carbocycles. The van der Waals surface area contributed by atoms with Crippen LogP contribution in [0, 0.1) is 0 Å². The zero-order valence-electron chi connectivity index (χ0n) is 16.4. The summed E-state index contributed by atoms with van der Waals surface area (Å²) < 4.78 is 6.66. The van der Waals surface area contributed by atoms with Gasteiger partial charge in [-0.1, -0.05) is 19.1 Å². The van der Waals surface area contributed by atoms with Gasteiger partial charge in [0.05, 0.1) is 29.0 Å². The van der Waals surface area contributed by atoms with Crippen LogP contribution < -0.4 is 5.56 Å². The molecular formula is C23H20N2O5. The number of hydrogen-bond donors (Lipinski definition) is 2. The molecule has 2 aliphatic heterocycles. The fourth-order valence-electron chi connectivity index (χ4n) is 4.40. The number of benzene rings is 1. The molecule has 7 nitrogen and oxygen atoms in total. The Balaban J connectivity index is 1.75. The Morgan fingerprint density at radius 3 is 2.87 bits per heavy atom. The van der Waals surface area contributed by atoms with E-state index >= 15 is 0 Å². The van der Waals surface area contributed by atoms with E-state index in [9.17, 15) is 19.8 Å².